The second kappa shape index (κ2) is 12.6. The first-order chi connectivity index (χ1) is 12.0. The normalized spacial score (nSPS) is 22.6. The van der Waals surface area contributed by atoms with Gasteiger partial charge >= 0.3 is 0 Å². The minimum Gasteiger partial charge on any atom is -0.394 e. The molecule has 1 aliphatic carbocycles. The van der Waals surface area contributed by atoms with E-state index in [2.05, 4.69) is 5.32 Å². The molecule has 7 nitrogen and oxygen atoms in total. The second-order valence-electron chi connectivity index (χ2n) is 7.17. The number of hydrogen-bond donors (Lipinski definition) is 6. The lowest BCUT2D eigenvalue weighted by atomic mass is 9.90. The fraction of sp³-hybridized carbons (Fsp3) is 0.944. The molecule has 0 bridgehead atoms. The standard InChI is InChI=1S/C18H35NO6/c20-12-14(21)15(22)16(23)17(24)18(25)19-11-10-13-8-6-4-2-1-3-5-7-9-13/h13-17,20-24H,1-12H2,(H,19,25). The lowest BCUT2D eigenvalue weighted by Gasteiger charge is -2.25. The predicted octanol–water partition coefficient (Wildman–Crippen LogP) is 0.0693. The molecule has 0 aromatic carbocycles. The molecule has 0 saturated heterocycles. The summed E-state index contributed by atoms with van der Waals surface area (Å²) in [5.74, 6) is -0.223. The fourth-order valence-electron chi connectivity index (χ4n) is 3.36. The van der Waals surface area contributed by atoms with Crippen LogP contribution in [0.15, 0.2) is 0 Å². The van der Waals surface area contributed by atoms with Crippen molar-refractivity contribution in [1.82, 2.24) is 5.32 Å². The first-order valence-electron chi connectivity index (χ1n) is 9.58. The summed E-state index contributed by atoms with van der Waals surface area (Å²) in [6.45, 7) is -0.361. The Morgan fingerprint density at radius 2 is 1.40 bits per heavy atom. The second-order valence-corrected chi connectivity index (χ2v) is 7.17. The van der Waals surface area contributed by atoms with Gasteiger partial charge in [-0.1, -0.05) is 57.8 Å². The van der Waals surface area contributed by atoms with Gasteiger partial charge in [0, 0.05) is 6.54 Å². The Balaban J connectivity index is 2.33. The van der Waals surface area contributed by atoms with Crippen molar-refractivity contribution in [3.8, 4) is 0 Å². The van der Waals surface area contributed by atoms with E-state index in [1.165, 1.54) is 44.9 Å². The number of aliphatic hydroxyl groups is 5. The van der Waals surface area contributed by atoms with Gasteiger partial charge in [0.05, 0.1) is 6.61 Å². The zero-order valence-electron chi connectivity index (χ0n) is 15.0. The molecule has 0 aromatic rings. The van der Waals surface area contributed by atoms with Gasteiger partial charge in [-0.15, -0.1) is 0 Å². The fourth-order valence-corrected chi connectivity index (χ4v) is 3.36. The van der Waals surface area contributed by atoms with Crippen molar-refractivity contribution in [3.63, 3.8) is 0 Å². The zero-order valence-corrected chi connectivity index (χ0v) is 15.0. The maximum Gasteiger partial charge on any atom is 0.251 e. The number of hydrogen-bond acceptors (Lipinski definition) is 6. The number of amides is 1. The molecular weight excluding hydrogens is 326 g/mol. The number of aliphatic hydroxyl groups excluding tert-OH is 5. The smallest absolute Gasteiger partial charge is 0.251 e. The molecule has 4 unspecified atom stereocenters. The van der Waals surface area contributed by atoms with Crippen LogP contribution in [0, 0.1) is 5.92 Å². The van der Waals surface area contributed by atoms with Gasteiger partial charge in [-0.2, -0.15) is 0 Å². The molecule has 0 heterocycles. The lowest BCUT2D eigenvalue weighted by Crippen LogP contribution is -2.51. The highest BCUT2D eigenvalue weighted by Gasteiger charge is 2.34. The van der Waals surface area contributed by atoms with Crippen molar-refractivity contribution >= 4 is 5.91 Å². The van der Waals surface area contributed by atoms with E-state index in [0.29, 0.717) is 12.5 Å². The van der Waals surface area contributed by atoms with E-state index >= 15 is 0 Å². The Labute approximate surface area is 150 Å². The highest BCUT2D eigenvalue weighted by Crippen LogP contribution is 2.23. The monoisotopic (exact) mass is 361 g/mol. The van der Waals surface area contributed by atoms with Crippen molar-refractivity contribution in [2.45, 2.75) is 88.6 Å². The molecule has 0 aromatic heterocycles. The Morgan fingerprint density at radius 1 is 0.880 bits per heavy atom. The van der Waals surface area contributed by atoms with E-state index in [1.54, 1.807) is 0 Å². The molecule has 1 aliphatic rings. The van der Waals surface area contributed by atoms with Crippen LogP contribution in [-0.2, 0) is 4.79 Å². The van der Waals surface area contributed by atoms with Crippen LogP contribution in [0.4, 0.5) is 0 Å². The van der Waals surface area contributed by atoms with E-state index in [1.807, 2.05) is 0 Å². The molecule has 1 rings (SSSR count). The minimum atomic E-state index is -1.85. The van der Waals surface area contributed by atoms with Gasteiger partial charge in [-0.3, -0.25) is 4.79 Å². The maximum absolute atomic E-state index is 11.9. The number of carbonyl (C=O) groups is 1. The van der Waals surface area contributed by atoms with Crippen LogP contribution in [0.3, 0.4) is 0 Å². The zero-order chi connectivity index (χ0) is 18.7. The SMILES string of the molecule is O=C(NCCC1CCCCCCCCC1)C(O)C(O)C(O)C(O)CO. The number of nitrogens with one attached hydrogen (secondary N) is 1. The van der Waals surface area contributed by atoms with E-state index in [9.17, 15) is 25.2 Å². The lowest BCUT2D eigenvalue weighted by molar-refractivity contribution is -0.148. The van der Waals surface area contributed by atoms with Crippen molar-refractivity contribution in [3.05, 3.63) is 0 Å². The van der Waals surface area contributed by atoms with Gasteiger partial charge in [-0.05, 0) is 12.3 Å². The largest absolute Gasteiger partial charge is 0.394 e. The average molecular weight is 361 g/mol. The summed E-state index contributed by atoms with van der Waals surface area (Å²) in [7, 11) is 0. The third-order valence-corrected chi connectivity index (χ3v) is 5.10. The van der Waals surface area contributed by atoms with Crippen molar-refractivity contribution in [2.75, 3.05) is 13.2 Å². The Morgan fingerprint density at radius 3 is 1.92 bits per heavy atom. The number of rotatable bonds is 8. The highest BCUT2D eigenvalue weighted by atomic mass is 16.4. The van der Waals surface area contributed by atoms with Crippen LogP contribution < -0.4 is 5.32 Å². The molecule has 0 spiro atoms. The van der Waals surface area contributed by atoms with Crippen LogP contribution in [0.2, 0.25) is 0 Å². The molecule has 1 saturated carbocycles. The molecule has 0 radical (unpaired) electrons. The molecule has 6 N–H and O–H groups in total. The Hall–Kier alpha value is -0.730. The van der Waals surface area contributed by atoms with E-state index in [0.717, 1.165) is 19.3 Å². The number of carbonyl (C=O) groups excluding carboxylic acids is 1. The van der Waals surface area contributed by atoms with Crippen LogP contribution in [0.25, 0.3) is 0 Å². The average Bonchev–Trinajstić information content (AvgIpc) is 2.63. The Kier molecular flexibility index (Phi) is 11.2. The molecular formula is C18H35NO6. The summed E-state index contributed by atoms with van der Waals surface area (Å²) < 4.78 is 0. The van der Waals surface area contributed by atoms with Gasteiger partial charge in [0.1, 0.15) is 18.3 Å². The predicted molar refractivity (Wildman–Crippen MR) is 93.8 cm³/mol. The maximum atomic E-state index is 11.9. The van der Waals surface area contributed by atoms with E-state index < -0.39 is 36.9 Å². The first-order valence-corrected chi connectivity index (χ1v) is 9.58. The van der Waals surface area contributed by atoms with Crippen molar-refractivity contribution in [1.29, 1.82) is 0 Å². The summed E-state index contributed by atoms with van der Waals surface area (Å²) in [4.78, 5) is 11.9. The molecule has 4 atom stereocenters. The van der Waals surface area contributed by atoms with Crippen LogP contribution in [-0.4, -0.2) is 69.0 Å². The third-order valence-electron chi connectivity index (χ3n) is 5.10. The summed E-state index contributed by atoms with van der Waals surface area (Å²) in [5, 5.41) is 49.6. The topological polar surface area (TPSA) is 130 Å². The van der Waals surface area contributed by atoms with E-state index in [-0.39, 0.29) is 0 Å². The highest BCUT2D eigenvalue weighted by molar-refractivity contribution is 5.81. The summed E-state index contributed by atoms with van der Waals surface area (Å²) in [6, 6.07) is 0. The first kappa shape index (κ1) is 22.3. The van der Waals surface area contributed by atoms with Gasteiger partial charge < -0.3 is 30.8 Å². The molecule has 148 valence electrons. The third kappa shape index (κ3) is 8.46. The quantitative estimate of drug-likeness (QED) is 0.363. The van der Waals surface area contributed by atoms with Gasteiger partial charge in [0.2, 0.25) is 0 Å². The minimum absolute atomic E-state index is 0.409. The molecule has 7 heteroatoms. The Bertz CT molecular complexity index is 357. The van der Waals surface area contributed by atoms with Gasteiger partial charge in [0.25, 0.3) is 5.91 Å². The molecule has 1 amide bonds. The van der Waals surface area contributed by atoms with Crippen LogP contribution in [0.5, 0.6) is 0 Å². The summed E-state index contributed by atoms with van der Waals surface area (Å²) in [5.41, 5.74) is 0. The van der Waals surface area contributed by atoms with Crippen LogP contribution >= 0.6 is 0 Å². The van der Waals surface area contributed by atoms with Crippen molar-refractivity contribution in [2.24, 2.45) is 5.92 Å². The summed E-state index contributed by atoms with van der Waals surface area (Å²) in [6.07, 6.45) is 4.93. The molecule has 1 fully saturated rings. The summed E-state index contributed by atoms with van der Waals surface area (Å²) >= 11 is 0. The van der Waals surface area contributed by atoms with Crippen LogP contribution in [0.1, 0.15) is 64.2 Å². The van der Waals surface area contributed by atoms with Crippen molar-refractivity contribution < 1.29 is 30.3 Å². The van der Waals surface area contributed by atoms with E-state index in [4.69, 9.17) is 5.11 Å². The molecule has 25 heavy (non-hydrogen) atoms. The molecule has 0 aliphatic heterocycles. The van der Waals surface area contributed by atoms with Gasteiger partial charge in [0.15, 0.2) is 6.10 Å². The van der Waals surface area contributed by atoms with Gasteiger partial charge in [-0.25, -0.2) is 0 Å².